The Morgan fingerprint density at radius 3 is 1.15 bits per heavy atom. The Kier molecular flexibility index (Phi) is 6.35. The van der Waals surface area contributed by atoms with Gasteiger partial charge in [-0.3, -0.25) is 0 Å². The van der Waals surface area contributed by atoms with Crippen molar-refractivity contribution in [1.29, 1.82) is 0 Å². The highest BCUT2D eigenvalue weighted by atomic mass is 35.5. The average molecular weight is 474 g/mol. The Morgan fingerprint density at radius 1 is 0.576 bits per heavy atom. The fourth-order valence-electron chi connectivity index (χ4n) is 2.61. The molecule has 0 radical (unpaired) electrons. The van der Waals surface area contributed by atoms with Gasteiger partial charge in [0.25, 0.3) is 0 Å². The van der Waals surface area contributed by atoms with Crippen LogP contribution in [0.3, 0.4) is 0 Å². The van der Waals surface area contributed by atoms with Gasteiger partial charge in [0, 0.05) is 11.4 Å². The van der Waals surface area contributed by atoms with Crippen LogP contribution in [0.15, 0.2) is 36.4 Å². The maximum atomic E-state index is 11.3. The van der Waals surface area contributed by atoms with Crippen LogP contribution in [0.1, 0.15) is 41.4 Å². The summed E-state index contributed by atoms with van der Waals surface area (Å²) in [5.74, 6) is -5.84. The summed E-state index contributed by atoms with van der Waals surface area (Å²) < 4.78 is 0. The molecule has 0 aliphatic heterocycles. The van der Waals surface area contributed by atoms with Gasteiger partial charge in [0.2, 0.25) is 17.2 Å². The number of aromatic carboxylic acids is 4. The molecule has 2 aromatic carbocycles. The highest BCUT2D eigenvalue weighted by Gasteiger charge is 2.15. The first kappa shape index (κ1) is 22.9. The molecule has 0 aliphatic rings. The highest BCUT2D eigenvalue weighted by molar-refractivity contribution is 6.28. The van der Waals surface area contributed by atoms with E-state index in [1.807, 2.05) is 0 Å². The van der Waals surface area contributed by atoms with E-state index in [-0.39, 0.29) is 50.8 Å². The fourth-order valence-corrected chi connectivity index (χ4v) is 2.77. The fraction of sp³-hybridized carbons (Fsp3) is 0. The van der Waals surface area contributed by atoms with E-state index in [1.165, 1.54) is 0 Å². The molecule has 1 heterocycles. The van der Waals surface area contributed by atoms with Crippen molar-refractivity contribution in [3.05, 3.63) is 63.9 Å². The number of hydrogen-bond donors (Lipinski definition) is 6. The first-order valence-electron chi connectivity index (χ1n) is 8.71. The summed E-state index contributed by atoms with van der Waals surface area (Å²) in [4.78, 5) is 56.7. The van der Waals surface area contributed by atoms with Crippen molar-refractivity contribution in [2.45, 2.75) is 0 Å². The zero-order chi connectivity index (χ0) is 24.3. The summed E-state index contributed by atoms with van der Waals surface area (Å²) in [5.41, 5.74) is -1.15. The Hall–Kier alpha value is -4.78. The zero-order valence-corrected chi connectivity index (χ0v) is 16.9. The van der Waals surface area contributed by atoms with Crippen molar-refractivity contribution in [2.75, 3.05) is 10.6 Å². The van der Waals surface area contributed by atoms with E-state index in [9.17, 15) is 39.6 Å². The van der Waals surface area contributed by atoms with Crippen LogP contribution in [-0.2, 0) is 0 Å². The smallest absolute Gasteiger partial charge is 0.335 e. The number of carbonyl (C=O) groups is 4. The molecule has 3 aromatic rings. The number of anilines is 4. The molecule has 0 saturated heterocycles. The molecule has 0 unspecified atom stereocenters. The topological polar surface area (TPSA) is 212 Å². The molecule has 13 nitrogen and oxygen atoms in total. The largest absolute Gasteiger partial charge is 0.478 e. The number of rotatable bonds is 8. The Morgan fingerprint density at radius 2 is 0.879 bits per heavy atom. The van der Waals surface area contributed by atoms with Crippen LogP contribution in [-0.4, -0.2) is 59.3 Å². The third kappa shape index (κ3) is 5.68. The third-order valence-electron chi connectivity index (χ3n) is 3.97. The molecule has 0 spiro atoms. The van der Waals surface area contributed by atoms with Gasteiger partial charge >= 0.3 is 23.9 Å². The van der Waals surface area contributed by atoms with Gasteiger partial charge in [-0.1, -0.05) is 0 Å². The summed E-state index contributed by atoms with van der Waals surface area (Å²) in [7, 11) is 0. The van der Waals surface area contributed by atoms with Crippen LogP contribution >= 0.6 is 11.6 Å². The molecule has 3 rings (SSSR count). The maximum Gasteiger partial charge on any atom is 0.335 e. The van der Waals surface area contributed by atoms with Gasteiger partial charge in [-0.2, -0.15) is 15.0 Å². The predicted octanol–water partition coefficient (Wildman–Crippen LogP) is 2.81. The number of carboxylic acids is 4. The van der Waals surface area contributed by atoms with Gasteiger partial charge in [0.15, 0.2) is 0 Å². The number of nitrogens with zero attached hydrogens (tertiary/aromatic N) is 3. The number of hydrogen-bond acceptors (Lipinski definition) is 9. The molecule has 0 aliphatic carbocycles. The van der Waals surface area contributed by atoms with E-state index in [0.717, 1.165) is 36.4 Å². The Labute approximate surface area is 188 Å². The lowest BCUT2D eigenvalue weighted by Gasteiger charge is -2.11. The first-order valence-corrected chi connectivity index (χ1v) is 9.08. The second kappa shape index (κ2) is 9.15. The van der Waals surface area contributed by atoms with Crippen LogP contribution in [0.2, 0.25) is 5.28 Å². The lowest BCUT2D eigenvalue weighted by atomic mass is 10.1. The molecular formula is C19H12ClN5O8. The molecule has 6 N–H and O–H groups in total. The van der Waals surface area contributed by atoms with Crippen LogP contribution < -0.4 is 10.6 Å². The van der Waals surface area contributed by atoms with Crippen LogP contribution in [0.25, 0.3) is 0 Å². The molecule has 0 saturated carbocycles. The van der Waals surface area contributed by atoms with Gasteiger partial charge in [-0.15, -0.1) is 0 Å². The summed E-state index contributed by atoms with van der Waals surface area (Å²) >= 11 is 5.89. The molecule has 0 fully saturated rings. The van der Waals surface area contributed by atoms with Crippen molar-refractivity contribution in [2.24, 2.45) is 0 Å². The second-order valence-electron chi connectivity index (χ2n) is 6.32. The molecule has 0 amide bonds. The summed E-state index contributed by atoms with van der Waals surface area (Å²) in [6.45, 7) is 0. The lowest BCUT2D eigenvalue weighted by molar-refractivity contribution is 0.0676. The number of benzene rings is 2. The average Bonchev–Trinajstić information content (AvgIpc) is 2.72. The van der Waals surface area contributed by atoms with Crippen LogP contribution in [0, 0.1) is 0 Å². The van der Waals surface area contributed by atoms with Gasteiger partial charge in [0.05, 0.1) is 22.3 Å². The van der Waals surface area contributed by atoms with E-state index in [0.29, 0.717) is 0 Å². The Balaban J connectivity index is 1.96. The van der Waals surface area contributed by atoms with E-state index < -0.39 is 23.9 Å². The van der Waals surface area contributed by atoms with Crippen molar-refractivity contribution in [3.63, 3.8) is 0 Å². The molecule has 33 heavy (non-hydrogen) atoms. The maximum absolute atomic E-state index is 11.3. The highest BCUT2D eigenvalue weighted by Crippen LogP contribution is 2.23. The van der Waals surface area contributed by atoms with Gasteiger partial charge in [0.1, 0.15) is 0 Å². The van der Waals surface area contributed by atoms with Gasteiger partial charge in [-0.05, 0) is 48.0 Å². The summed E-state index contributed by atoms with van der Waals surface area (Å²) in [6, 6.07) is 6.53. The molecule has 14 heteroatoms. The van der Waals surface area contributed by atoms with Crippen molar-refractivity contribution in [3.8, 4) is 0 Å². The Bertz CT molecular complexity index is 1150. The SMILES string of the molecule is O=C(O)c1cc(Nc2nc(Cl)nc(Nc3cc(C(=O)O)cc(C(=O)O)c3)n2)cc(C(=O)O)c1. The minimum atomic E-state index is -1.36. The van der Waals surface area contributed by atoms with E-state index in [1.54, 1.807) is 0 Å². The normalized spacial score (nSPS) is 10.3. The number of nitrogens with one attached hydrogen (secondary N) is 2. The molecule has 1 aromatic heterocycles. The molecule has 0 bridgehead atoms. The third-order valence-corrected chi connectivity index (χ3v) is 4.14. The monoisotopic (exact) mass is 473 g/mol. The van der Waals surface area contributed by atoms with Crippen molar-refractivity contribution >= 4 is 58.7 Å². The van der Waals surface area contributed by atoms with E-state index >= 15 is 0 Å². The number of aromatic nitrogens is 3. The standard InChI is InChI=1S/C19H12ClN5O8/c20-17-23-18(21-11-3-7(13(26)27)1-8(4-11)14(28)29)25-19(24-17)22-12-5-9(15(30)31)2-10(6-12)16(32)33/h1-6H,(H,26,27)(H,28,29)(H,30,31)(H,32,33)(H2,21,22,23,24,25). The molecular weight excluding hydrogens is 462 g/mol. The van der Waals surface area contributed by atoms with Crippen molar-refractivity contribution < 1.29 is 39.6 Å². The minimum absolute atomic E-state index is 0.0292. The zero-order valence-electron chi connectivity index (χ0n) is 16.1. The molecule has 168 valence electrons. The van der Waals surface area contributed by atoms with Crippen LogP contribution in [0.4, 0.5) is 23.3 Å². The van der Waals surface area contributed by atoms with Crippen molar-refractivity contribution in [1.82, 2.24) is 15.0 Å². The summed E-state index contributed by atoms with van der Waals surface area (Å²) in [5, 5.41) is 41.6. The number of carboxylic acid groups (broad SMARTS) is 4. The van der Waals surface area contributed by atoms with Gasteiger partial charge in [-0.25, -0.2) is 19.2 Å². The summed E-state index contributed by atoms with van der Waals surface area (Å²) in [6.07, 6.45) is 0. The second-order valence-corrected chi connectivity index (χ2v) is 6.66. The van der Waals surface area contributed by atoms with E-state index in [2.05, 4.69) is 25.6 Å². The number of halogens is 1. The van der Waals surface area contributed by atoms with E-state index in [4.69, 9.17) is 11.6 Å². The quantitative estimate of drug-likeness (QED) is 0.278. The van der Waals surface area contributed by atoms with Crippen LogP contribution in [0.5, 0.6) is 0 Å². The lowest BCUT2D eigenvalue weighted by Crippen LogP contribution is -2.08. The molecule has 0 atom stereocenters. The first-order chi connectivity index (χ1) is 15.5. The minimum Gasteiger partial charge on any atom is -0.478 e. The predicted molar refractivity (Wildman–Crippen MR) is 112 cm³/mol. The van der Waals surface area contributed by atoms with Gasteiger partial charge < -0.3 is 31.1 Å².